The number of benzene rings is 1. The predicted octanol–water partition coefficient (Wildman–Crippen LogP) is 3.74. The molecule has 2 atom stereocenters. The van der Waals surface area contributed by atoms with Crippen LogP contribution in [-0.4, -0.2) is 11.0 Å². The van der Waals surface area contributed by atoms with Crippen molar-refractivity contribution < 1.29 is 8.78 Å². The minimum absolute atomic E-state index is 0.384. The molecule has 2 unspecified atom stereocenters. The third-order valence-corrected chi connectivity index (χ3v) is 4.46. The molecule has 1 aromatic carbocycles. The first kappa shape index (κ1) is 14.5. The zero-order valence-electron chi connectivity index (χ0n) is 10.4. The Morgan fingerprint density at radius 3 is 2.41 bits per heavy atom. The molecule has 96 valence electrons. The normalized spacial score (nSPS) is 15.0. The summed E-state index contributed by atoms with van der Waals surface area (Å²) in [5.74, 6) is 0.0734. The third kappa shape index (κ3) is 4.28. The number of halogens is 2. The molecule has 0 saturated heterocycles. The molecule has 0 saturated carbocycles. The number of hydrogen-bond acceptors (Lipinski definition) is 2. The summed E-state index contributed by atoms with van der Waals surface area (Å²) in [5, 5.41) is 0.476. The van der Waals surface area contributed by atoms with E-state index in [0.29, 0.717) is 22.5 Å². The van der Waals surface area contributed by atoms with Gasteiger partial charge in [-0.2, -0.15) is 11.8 Å². The molecule has 1 aromatic rings. The van der Waals surface area contributed by atoms with E-state index < -0.39 is 11.6 Å². The largest absolute Gasteiger partial charge is 0.323 e. The lowest BCUT2D eigenvalue weighted by Crippen LogP contribution is -2.17. The Hall–Kier alpha value is -0.610. The van der Waals surface area contributed by atoms with Crippen LogP contribution in [0.25, 0.3) is 0 Å². The molecule has 0 spiro atoms. The van der Waals surface area contributed by atoms with E-state index in [9.17, 15) is 8.78 Å². The summed E-state index contributed by atoms with van der Waals surface area (Å²) < 4.78 is 26.2. The van der Waals surface area contributed by atoms with E-state index in [1.54, 1.807) is 11.8 Å². The van der Waals surface area contributed by atoms with E-state index in [1.807, 2.05) is 0 Å². The van der Waals surface area contributed by atoms with Crippen LogP contribution in [0.1, 0.15) is 32.4 Å². The lowest BCUT2D eigenvalue weighted by molar-refractivity contribution is 0.563. The minimum Gasteiger partial charge on any atom is -0.323 e. The van der Waals surface area contributed by atoms with Crippen molar-refractivity contribution in [3.8, 4) is 0 Å². The number of rotatable bonds is 5. The van der Waals surface area contributed by atoms with E-state index >= 15 is 0 Å². The molecular formula is C13H19F2NS. The van der Waals surface area contributed by atoms with Gasteiger partial charge >= 0.3 is 0 Å². The maximum Gasteiger partial charge on any atom is 0.130 e. The maximum atomic E-state index is 13.5. The highest BCUT2D eigenvalue weighted by Gasteiger charge is 2.15. The van der Waals surface area contributed by atoms with E-state index in [4.69, 9.17) is 5.73 Å². The van der Waals surface area contributed by atoms with Gasteiger partial charge in [0.25, 0.3) is 0 Å². The van der Waals surface area contributed by atoms with E-state index in [1.165, 1.54) is 12.1 Å². The zero-order valence-corrected chi connectivity index (χ0v) is 11.2. The van der Waals surface area contributed by atoms with Crippen LogP contribution in [0.4, 0.5) is 8.78 Å². The Morgan fingerprint density at radius 2 is 1.88 bits per heavy atom. The van der Waals surface area contributed by atoms with Gasteiger partial charge in [0, 0.05) is 28.7 Å². The van der Waals surface area contributed by atoms with Crippen molar-refractivity contribution in [3.63, 3.8) is 0 Å². The fourth-order valence-electron chi connectivity index (χ4n) is 1.34. The Bertz CT molecular complexity index is 368. The van der Waals surface area contributed by atoms with Crippen molar-refractivity contribution in [2.75, 3.05) is 5.75 Å². The lowest BCUT2D eigenvalue weighted by atomic mass is 10.1. The summed E-state index contributed by atoms with van der Waals surface area (Å²) in [6.07, 6.45) is 0. The van der Waals surface area contributed by atoms with Crippen LogP contribution in [-0.2, 0) is 0 Å². The summed E-state index contributed by atoms with van der Waals surface area (Å²) in [5.41, 5.74) is 6.30. The average Bonchev–Trinajstić information content (AvgIpc) is 2.25. The van der Waals surface area contributed by atoms with Crippen molar-refractivity contribution in [2.45, 2.75) is 32.1 Å². The zero-order chi connectivity index (χ0) is 13.0. The fraction of sp³-hybridized carbons (Fsp3) is 0.538. The van der Waals surface area contributed by atoms with Crippen LogP contribution >= 0.6 is 11.8 Å². The minimum atomic E-state index is -0.568. The summed E-state index contributed by atoms with van der Waals surface area (Å²) in [6, 6.07) is 3.16. The van der Waals surface area contributed by atoms with Gasteiger partial charge in [-0.25, -0.2) is 8.78 Å². The molecule has 2 N–H and O–H groups in total. The van der Waals surface area contributed by atoms with Gasteiger partial charge in [0.05, 0.1) is 0 Å². The molecule has 0 aliphatic carbocycles. The van der Waals surface area contributed by atoms with Crippen LogP contribution in [0.3, 0.4) is 0 Å². The van der Waals surface area contributed by atoms with Gasteiger partial charge in [-0.3, -0.25) is 0 Å². The SMILES string of the molecule is CC(C)C(C)SCC(N)c1ccc(F)cc1F. The van der Waals surface area contributed by atoms with Crippen LogP contribution in [0, 0.1) is 17.6 Å². The lowest BCUT2D eigenvalue weighted by Gasteiger charge is -2.18. The van der Waals surface area contributed by atoms with Crippen molar-refractivity contribution in [1.82, 2.24) is 0 Å². The number of hydrogen-bond donors (Lipinski definition) is 1. The number of thioether (sulfide) groups is 1. The molecule has 1 rings (SSSR count). The van der Waals surface area contributed by atoms with Gasteiger partial charge in [-0.1, -0.05) is 26.8 Å². The summed E-state index contributed by atoms with van der Waals surface area (Å²) >= 11 is 1.71. The van der Waals surface area contributed by atoms with Crippen LogP contribution in [0.5, 0.6) is 0 Å². The standard InChI is InChI=1S/C13H19F2NS/c1-8(2)9(3)17-7-13(16)11-5-4-10(14)6-12(11)15/h4-6,8-9,13H,7,16H2,1-3H3. The van der Waals surface area contributed by atoms with Gasteiger partial charge in [-0.15, -0.1) is 0 Å². The summed E-state index contributed by atoms with van der Waals surface area (Å²) in [6.45, 7) is 6.41. The van der Waals surface area contributed by atoms with Gasteiger partial charge in [0.15, 0.2) is 0 Å². The first-order chi connectivity index (χ1) is 7.91. The smallest absolute Gasteiger partial charge is 0.130 e. The van der Waals surface area contributed by atoms with Crippen molar-refractivity contribution in [1.29, 1.82) is 0 Å². The third-order valence-electron chi connectivity index (χ3n) is 2.84. The second-order valence-electron chi connectivity index (χ2n) is 4.55. The van der Waals surface area contributed by atoms with Gasteiger partial charge in [-0.05, 0) is 12.0 Å². The molecule has 0 bridgehead atoms. The van der Waals surface area contributed by atoms with Crippen molar-refractivity contribution >= 4 is 11.8 Å². The predicted molar refractivity (Wildman–Crippen MR) is 70.0 cm³/mol. The van der Waals surface area contributed by atoms with E-state index in [0.717, 1.165) is 6.07 Å². The molecule has 0 aliphatic rings. The van der Waals surface area contributed by atoms with Gasteiger partial charge < -0.3 is 5.73 Å². The highest BCUT2D eigenvalue weighted by atomic mass is 32.2. The molecule has 4 heteroatoms. The molecule has 17 heavy (non-hydrogen) atoms. The Morgan fingerprint density at radius 1 is 1.24 bits per heavy atom. The molecule has 0 fully saturated rings. The van der Waals surface area contributed by atoms with E-state index in [2.05, 4.69) is 20.8 Å². The van der Waals surface area contributed by atoms with Gasteiger partial charge in [0.2, 0.25) is 0 Å². The Balaban J connectivity index is 2.61. The highest BCUT2D eigenvalue weighted by Crippen LogP contribution is 2.25. The summed E-state index contributed by atoms with van der Waals surface area (Å²) in [4.78, 5) is 0. The molecule has 0 heterocycles. The highest BCUT2D eigenvalue weighted by molar-refractivity contribution is 7.99. The molecule has 1 nitrogen and oxygen atoms in total. The second kappa shape index (κ2) is 6.36. The monoisotopic (exact) mass is 259 g/mol. The quantitative estimate of drug-likeness (QED) is 0.871. The second-order valence-corrected chi connectivity index (χ2v) is 5.97. The first-order valence-corrected chi connectivity index (χ1v) is 6.78. The average molecular weight is 259 g/mol. The van der Waals surface area contributed by atoms with Gasteiger partial charge in [0.1, 0.15) is 11.6 Å². The number of nitrogens with two attached hydrogens (primary N) is 1. The fourth-order valence-corrected chi connectivity index (χ4v) is 2.42. The maximum absolute atomic E-state index is 13.5. The van der Waals surface area contributed by atoms with Crippen molar-refractivity contribution in [2.24, 2.45) is 11.7 Å². The summed E-state index contributed by atoms with van der Waals surface area (Å²) in [7, 11) is 0. The topological polar surface area (TPSA) is 26.0 Å². The molecule has 0 aliphatic heterocycles. The molecule has 0 amide bonds. The molecular weight excluding hydrogens is 240 g/mol. The van der Waals surface area contributed by atoms with Crippen LogP contribution < -0.4 is 5.73 Å². The Kier molecular flexibility index (Phi) is 5.40. The first-order valence-electron chi connectivity index (χ1n) is 5.74. The Labute approximate surface area is 106 Å². The van der Waals surface area contributed by atoms with Crippen LogP contribution in [0.15, 0.2) is 18.2 Å². The van der Waals surface area contributed by atoms with Crippen LogP contribution in [0.2, 0.25) is 0 Å². The van der Waals surface area contributed by atoms with E-state index in [-0.39, 0.29) is 6.04 Å². The molecule has 0 radical (unpaired) electrons. The molecule has 0 aromatic heterocycles. The van der Waals surface area contributed by atoms with Crippen molar-refractivity contribution in [3.05, 3.63) is 35.4 Å².